The van der Waals surface area contributed by atoms with Gasteiger partial charge in [0.2, 0.25) is 0 Å². The number of pyridine rings is 1. The van der Waals surface area contributed by atoms with E-state index in [1.165, 1.54) is 18.5 Å². The molecule has 0 spiro atoms. The molecule has 0 amide bonds. The number of fused-ring (bicyclic) bond motifs is 2. The molecule has 0 aliphatic rings. The number of anilines is 1. The molecule has 0 fully saturated rings. The van der Waals surface area contributed by atoms with Crippen molar-refractivity contribution in [2.75, 3.05) is 5.32 Å². The summed E-state index contributed by atoms with van der Waals surface area (Å²) in [7, 11) is 0. The summed E-state index contributed by atoms with van der Waals surface area (Å²) in [6, 6.07) is 8.26. The van der Waals surface area contributed by atoms with Gasteiger partial charge in [0.1, 0.15) is 23.5 Å². The average molecular weight is 416 g/mol. The van der Waals surface area contributed by atoms with Crippen molar-refractivity contribution in [2.45, 2.75) is 20.4 Å². The number of terminal acetylenes is 1. The smallest absolute Gasteiger partial charge is 0.182 e. The third-order valence-corrected chi connectivity index (χ3v) is 4.24. The van der Waals surface area contributed by atoms with Gasteiger partial charge in [-0.2, -0.15) is 0 Å². The van der Waals surface area contributed by atoms with Crippen LogP contribution >= 0.6 is 0 Å². The Hall–Kier alpha value is -4.32. The number of hydrogen-bond acceptors (Lipinski definition) is 6. The van der Waals surface area contributed by atoms with Crippen molar-refractivity contribution >= 4 is 28.0 Å². The highest BCUT2D eigenvalue weighted by atomic mass is 19.1. The van der Waals surface area contributed by atoms with E-state index in [9.17, 15) is 4.39 Å². The number of nitrogens with one attached hydrogen (secondary N) is 2. The van der Waals surface area contributed by atoms with Crippen molar-refractivity contribution < 1.29 is 4.39 Å². The molecule has 8 nitrogen and oxygen atoms in total. The van der Waals surface area contributed by atoms with E-state index in [0.717, 1.165) is 11.2 Å². The zero-order valence-corrected chi connectivity index (χ0v) is 17.1. The predicted molar refractivity (Wildman–Crippen MR) is 119 cm³/mol. The van der Waals surface area contributed by atoms with Gasteiger partial charge >= 0.3 is 0 Å². The van der Waals surface area contributed by atoms with Gasteiger partial charge in [-0.25, -0.2) is 24.3 Å². The van der Waals surface area contributed by atoms with Crippen LogP contribution in [0.1, 0.15) is 19.7 Å². The molecule has 156 valence electrons. The maximum atomic E-state index is 13.8. The van der Waals surface area contributed by atoms with E-state index in [0.29, 0.717) is 34.9 Å². The maximum absolute atomic E-state index is 13.8. The number of halogens is 1. The van der Waals surface area contributed by atoms with E-state index < -0.39 is 0 Å². The summed E-state index contributed by atoms with van der Waals surface area (Å²) >= 11 is 0. The molecule has 0 unspecified atom stereocenters. The van der Waals surface area contributed by atoms with Gasteiger partial charge in [-0.15, -0.1) is 12.8 Å². The van der Waals surface area contributed by atoms with Gasteiger partial charge in [0.05, 0.1) is 29.6 Å². The van der Waals surface area contributed by atoms with Crippen LogP contribution in [0.3, 0.4) is 0 Å². The van der Waals surface area contributed by atoms with E-state index in [-0.39, 0.29) is 5.82 Å². The molecule has 9 heteroatoms. The second kappa shape index (κ2) is 9.93. The van der Waals surface area contributed by atoms with Crippen LogP contribution in [0.25, 0.3) is 27.9 Å². The Labute approximate surface area is 178 Å². The first kappa shape index (κ1) is 21.4. The molecule has 0 aliphatic heterocycles. The number of nitrogens with zero attached hydrogens (tertiary/aromatic N) is 6. The fraction of sp³-hybridized carbons (Fsp3) is 0.136. The Balaban J connectivity index is 0.000000645. The first-order chi connectivity index (χ1) is 15.3. The zero-order chi connectivity index (χ0) is 22.2. The lowest BCUT2D eigenvalue weighted by atomic mass is 10.3. The molecule has 31 heavy (non-hydrogen) atoms. The SMILES string of the molecule is C#C.CC.Fc1ccc2nc(CNc3ncnc4nc[nH]c34)n(-c3ccncc3)c2c1. The lowest BCUT2D eigenvalue weighted by Crippen LogP contribution is -2.09. The van der Waals surface area contributed by atoms with Crippen LogP contribution in [0, 0.1) is 18.7 Å². The summed E-state index contributed by atoms with van der Waals surface area (Å²) in [6.07, 6.45) is 14.4. The van der Waals surface area contributed by atoms with Gasteiger partial charge in [-0.3, -0.25) is 9.55 Å². The van der Waals surface area contributed by atoms with Crippen molar-refractivity contribution in [2.24, 2.45) is 0 Å². The average Bonchev–Trinajstić information content (AvgIpc) is 3.45. The van der Waals surface area contributed by atoms with Crippen LogP contribution < -0.4 is 5.32 Å². The maximum Gasteiger partial charge on any atom is 0.182 e. The molecule has 4 heterocycles. The predicted octanol–water partition coefficient (Wildman–Crippen LogP) is 4.11. The molecule has 0 bridgehead atoms. The third kappa shape index (κ3) is 4.33. The van der Waals surface area contributed by atoms with Crippen molar-refractivity contribution in [1.29, 1.82) is 0 Å². The van der Waals surface area contributed by atoms with Crippen LogP contribution in [0.2, 0.25) is 0 Å². The fourth-order valence-corrected chi connectivity index (χ4v) is 3.06. The lowest BCUT2D eigenvalue weighted by Gasteiger charge is -2.10. The van der Waals surface area contributed by atoms with E-state index >= 15 is 0 Å². The molecule has 0 saturated carbocycles. The Bertz CT molecular complexity index is 1290. The van der Waals surface area contributed by atoms with Crippen molar-refractivity contribution in [3.8, 4) is 18.5 Å². The highest BCUT2D eigenvalue weighted by Crippen LogP contribution is 2.23. The van der Waals surface area contributed by atoms with E-state index in [2.05, 4.69) is 48.1 Å². The number of benzene rings is 1. The highest BCUT2D eigenvalue weighted by molar-refractivity contribution is 5.82. The molecule has 0 saturated heterocycles. The second-order valence-electron chi connectivity index (χ2n) is 5.88. The first-order valence-electron chi connectivity index (χ1n) is 9.58. The van der Waals surface area contributed by atoms with E-state index in [1.54, 1.807) is 24.8 Å². The zero-order valence-electron chi connectivity index (χ0n) is 17.1. The largest absolute Gasteiger partial charge is 0.361 e. The minimum atomic E-state index is -0.313. The Morgan fingerprint density at radius 1 is 1.06 bits per heavy atom. The summed E-state index contributed by atoms with van der Waals surface area (Å²) in [5.41, 5.74) is 3.54. The lowest BCUT2D eigenvalue weighted by molar-refractivity contribution is 0.629. The van der Waals surface area contributed by atoms with Crippen molar-refractivity contribution in [3.05, 3.63) is 67.0 Å². The van der Waals surface area contributed by atoms with Gasteiger partial charge in [0.25, 0.3) is 0 Å². The first-order valence-corrected chi connectivity index (χ1v) is 9.58. The Morgan fingerprint density at radius 2 is 1.84 bits per heavy atom. The van der Waals surface area contributed by atoms with Crippen molar-refractivity contribution in [3.63, 3.8) is 0 Å². The number of aromatic amines is 1. The van der Waals surface area contributed by atoms with Crippen LogP contribution in [0.4, 0.5) is 10.2 Å². The summed E-state index contributed by atoms with van der Waals surface area (Å²) in [5.74, 6) is 1.03. The number of rotatable bonds is 4. The quantitative estimate of drug-likeness (QED) is 0.428. The van der Waals surface area contributed by atoms with E-state index in [1.807, 2.05) is 30.5 Å². The minimum Gasteiger partial charge on any atom is -0.361 e. The van der Waals surface area contributed by atoms with Crippen LogP contribution in [0.15, 0.2) is 55.4 Å². The highest BCUT2D eigenvalue weighted by Gasteiger charge is 2.14. The summed E-state index contributed by atoms with van der Waals surface area (Å²) < 4.78 is 15.7. The summed E-state index contributed by atoms with van der Waals surface area (Å²) in [4.78, 5) is 24.2. The molecule has 0 atom stereocenters. The van der Waals surface area contributed by atoms with Gasteiger partial charge in [-0.05, 0) is 24.3 Å². The molecule has 5 rings (SSSR count). The third-order valence-electron chi connectivity index (χ3n) is 4.24. The Morgan fingerprint density at radius 3 is 2.61 bits per heavy atom. The number of aromatic nitrogens is 7. The fourth-order valence-electron chi connectivity index (χ4n) is 3.06. The second-order valence-corrected chi connectivity index (χ2v) is 5.88. The topological polar surface area (TPSA) is 97.2 Å². The molecule has 2 N–H and O–H groups in total. The van der Waals surface area contributed by atoms with Crippen LogP contribution in [-0.4, -0.2) is 34.5 Å². The monoisotopic (exact) mass is 416 g/mol. The summed E-state index contributed by atoms with van der Waals surface area (Å²) in [5, 5.41) is 3.26. The van der Waals surface area contributed by atoms with Gasteiger partial charge < -0.3 is 10.3 Å². The standard InChI is InChI=1S/C18H13FN8.C2H6.C2H2/c19-11-1-2-13-14(7-11)27(12-3-5-20-6-4-12)15(26-13)8-21-17-16-18(23-9-22-16)25-10-24-17;2*1-2/h1-7,9-10H,8H2,(H2,21,22,23,24,25);1-2H3;1-2H. The molecular formula is C22H21FN8. The minimum absolute atomic E-state index is 0.313. The van der Waals surface area contributed by atoms with Gasteiger partial charge in [0.15, 0.2) is 11.5 Å². The molecule has 1 aromatic carbocycles. The molecule has 5 aromatic rings. The normalized spacial score (nSPS) is 10.1. The molecular weight excluding hydrogens is 395 g/mol. The van der Waals surface area contributed by atoms with Crippen LogP contribution in [-0.2, 0) is 6.54 Å². The molecule has 4 aromatic heterocycles. The van der Waals surface area contributed by atoms with E-state index in [4.69, 9.17) is 0 Å². The number of imidazole rings is 2. The van der Waals surface area contributed by atoms with Gasteiger partial charge in [-0.1, -0.05) is 13.8 Å². The van der Waals surface area contributed by atoms with Crippen molar-refractivity contribution in [1.82, 2.24) is 34.5 Å². The van der Waals surface area contributed by atoms with Crippen LogP contribution in [0.5, 0.6) is 0 Å². The Kier molecular flexibility index (Phi) is 6.85. The molecule has 0 radical (unpaired) electrons. The number of hydrogen-bond donors (Lipinski definition) is 2. The summed E-state index contributed by atoms with van der Waals surface area (Å²) in [6.45, 7) is 4.38. The number of H-pyrrole nitrogens is 1. The van der Waals surface area contributed by atoms with Gasteiger partial charge in [0, 0.05) is 18.5 Å². The molecule has 0 aliphatic carbocycles.